The lowest BCUT2D eigenvalue weighted by Gasteiger charge is -2.35. The van der Waals surface area contributed by atoms with Gasteiger partial charge in [0.25, 0.3) is 10.0 Å². The topological polar surface area (TPSA) is 152 Å². The van der Waals surface area contributed by atoms with Gasteiger partial charge < -0.3 is 14.7 Å². The normalized spacial score (nSPS) is 18.0. The van der Waals surface area contributed by atoms with Gasteiger partial charge in [-0.1, -0.05) is 24.6 Å². The number of piperidine rings is 1. The molecule has 0 bridgehead atoms. The van der Waals surface area contributed by atoms with Crippen molar-refractivity contribution in [1.29, 1.82) is 0 Å². The number of benzene rings is 1. The van der Waals surface area contributed by atoms with E-state index in [1.807, 2.05) is 13.8 Å². The minimum absolute atomic E-state index is 0.000799. The number of carbonyl (C=O) groups is 3. The number of Topliss-reactive ketones (excluding diaryl/α,β-unsaturated/α-hetero) is 1. The fraction of sp³-hybridized carbons (Fsp3) is 0.444. The number of fused-ring (bicyclic) bond motifs is 1. The van der Waals surface area contributed by atoms with Crippen molar-refractivity contribution in [2.75, 3.05) is 24.5 Å². The van der Waals surface area contributed by atoms with E-state index in [0.717, 1.165) is 14.4 Å². The Bertz CT molecular complexity index is 1540. The van der Waals surface area contributed by atoms with E-state index in [9.17, 15) is 27.9 Å². The van der Waals surface area contributed by atoms with Crippen LogP contribution in [0.5, 0.6) is 0 Å². The Hall–Kier alpha value is -4.00. The van der Waals surface area contributed by atoms with Gasteiger partial charge in [-0.25, -0.2) is 31.9 Å². The summed E-state index contributed by atoms with van der Waals surface area (Å²) in [7, 11) is -3.96. The number of carbonyl (C=O) groups excluding carboxylic acids is 2. The fourth-order valence-corrected chi connectivity index (χ4v) is 5.81. The summed E-state index contributed by atoms with van der Waals surface area (Å²) in [4.78, 5) is 49.2. The van der Waals surface area contributed by atoms with Gasteiger partial charge in [0.05, 0.1) is 17.6 Å². The van der Waals surface area contributed by atoms with Crippen molar-refractivity contribution >= 4 is 45.0 Å². The minimum Gasteiger partial charge on any atom is -0.465 e. The van der Waals surface area contributed by atoms with Crippen molar-refractivity contribution in [2.24, 2.45) is 11.8 Å². The van der Waals surface area contributed by atoms with E-state index in [0.29, 0.717) is 13.0 Å². The second-order valence-corrected chi connectivity index (χ2v) is 12.8. The lowest BCUT2D eigenvalue weighted by atomic mass is 9.84. The van der Waals surface area contributed by atoms with Crippen LogP contribution in [0.1, 0.15) is 39.7 Å². The predicted octanol–water partition coefficient (Wildman–Crippen LogP) is 3.92. The van der Waals surface area contributed by atoms with Gasteiger partial charge in [0.2, 0.25) is 0 Å². The van der Waals surface area contributed by atoms with Crippen LogP contribution >= 0.6 is 0 Å². The van der Waals surface area contributed by atoms with E-state index in [1.54, 1.807) is 32.9 Å². The lowest BCUT2D eigenvalue weighted by molar-refractivity contribution is -0.124. The molecule has 3 aromatic rings. The first-order chi connectivity index (χ1) is 18.7. The smallest absolute Gasteiger partial charge is 0.416 e. The summed E-state index contributed by atoms with van der Waals surface area (Å²) in [5.41, 5.74) is 0.283. The van der Waals surface area contributed by atoms with Gasteiger partial charge in [0.1, 0.15) is 11.1 Å². The zero-order valence-electron chi connectivity index (χ0n) is 23.1. The molecule has 0 saturated carbocycles. The highest BCUT2D eigenvalue weighted by Crippen LogP contribution is 2.27. The van der Waals surface area contributed by atoms with Gasteiger partial charge in [-0.3, -0.25) is 9.69 Å². The Morgan fingerprint density at radius 3 is 2.45 bits per heavy atom. The number of nitrogens with zero attached hydrogens (tertiary/aromatic N) is 5. The lowest BCUT2D eigenvalue weighted by Crippen LogP contribution is -2.49. The molecule has 2 aromatic heterocycles. The Balaban J connectivity index is 1.68. The first-order valence-electron chi connectivity index (χ1n) is 12.8. The molecule has 0 spiro atoms. The maximum Gasteiger partial charge on any atom is 0.416 e. The number of amides is 2. The summed E-state index contributed by atoms with van der Waals surface area (Å²) in [6, 6.07) is 7.86. The van der Waals surface area contributed by atoms with Crippen LogP contribution in [0, 0.1) is 18.8 Å². The number of anilines is 1. The maximum absolute atomic E-state index is 13.4. The van der Waals surface area contributed by atoms with Gasteiger partial charge >= 0.3 is 12.2 Å². The molecular formula is C27H33N5O7S. The molecule has 0 aliphatic carbocycles. The molecular weight excluding hydrogens is 538 g/mol. The first-order valence-corrected chi connectivity index (χ1v) is 14.3. The van der Waals surface area contributed by atoms with Crippen molar-refractivity contribution in [3.63, 3.8) is 0 Å². The van der Waals surface area contributed by atoms with Crippen molar-refractivity contribution in [1.82, 2.24) is 18.8 Å². The van der Waals surface area contributed by atoms with E-state index < -0.39 is 40.3 Å². The monoisotopic (exact) mass is 571 g/mol. The van der Waals surface area contributed by atoms with E-state index >= 15 is 0 Å². The Morgan fingerprint density at radius 1 is 1.15 bits per heavy atom. The van der Waals surface area contributed by atoms with Crippen LogP contribution < -0.4 is 4.90 Å². The molecule has 3 heterocycles. The average Bonchev–Trinajstić information content (AvgIpc) is 3.30. The van der Waals surface area contributed by atoms with Crippen molar-refractivity contribution < 1.29 is 32.6 Å². The summed E-state index contributed by atoms with van der Waals surface area (Å²) in [5, 5.41) is 9.41. The number of hydrogen-bond acceptors (Lipinski definition) is 8. The Labute approximate surface area is 232 Å². The van der Waals surface area contributed by atoms with Crippen molar-refractivity contribution in [3.05, 3.63) is 48.3 Å². The van der Waals surface area contributed by atoms with Crippen LogP contribution in [-0.2, 0) is 19.6 Å². The molecule has 1 N–H and O–H groups in total. The number of aromatic nitrogens is 3. The second-order valence-electron chi connectivity index (χ2n) is 11.0. The van der Waals surface area contributed by atoms with Gasteiger partial charge in [-0.05, 0) is 58.2 Å². The Morgan fingerprint density at radius 2 is 1.82 bits per heavy atom. The highest BCUT2D eigenvalue weighted by Gasteiger charge is 2.36. The number of hydrogen-bond donors (Lipinski definition) is 1. The maximum atomic E-state index is 13.4. The molecule has 4 rings (SSSR count). The van der Waals surface area contributed by atoms with Crippen LogP contribution in [-0.4, -0.2) is 75.6 Å². The predicted molar refractivity (Wildman–Crippen MR) is 147 cm³/mol. The molecule has 0 radical (unpaired) electrons. The van der Waals surface area contributed by atoms with Crippen molar-refractivity contribution in [2.45, 2.75) is 51.5 Å². The number of aryl methyl sites for hydroxylation is 1. The number of ketones is 1. The zero-order valence-corrected chi connectivity index (χ0v) is 23.9. The van der Waals surface area contributed by atoms with E-state index in [1.165, 1.54) is 35.5 Å². The van der Waals surface area contributed by atoms with E-state index in [4.69, 9.17) is 4.74 Å². The third-order valence-electron chi connectivity index (χ3n) is 6.77. The molecule has 40 heavy (non-hydrogen) atoms. The molecule has 2 atom stereocenters. The van der Waals surface area contributed by atoms with Crippen LogP contribution in [0.2, 0.25) is 0 Å². The SMILES string of the molecule is Cc1ccc(S(=O)(=O)n2ccc3nc(N(CC(=O)C4CN(C(=O)O)CCC4C)C(=O)OC(C)(C)C)cnc32)cc1. The number of ether oxygens (including phenoxy) is 1. The standard InChI is InChI=1S/C27H33N5O7S/c1-17-6-8-19(9-7-17)40(37,38)32-13-11-21-24(32)28-14-23(29-21)31(26(36)39-27(3,4)5)16-22(33)20-15-30(25(34)35)12-10-18(20)2/h6-9,11,13-14,18,20H,10,12,15-16H2,1-5H3,(H,34,35). The van der Waals surface area contributed by atoms with Gasteiger partial charge in [-0.15, -0.1) is 0 Å². The highest BCUT2D eigenvalue weighted by atomic mass is 32.2. The minimum atomic E-state index is -3.96. The molecule has 1 aliphatic rings. The van der Waals surface area contributed by atoms with E-state index in [-0.39, 0.29) is 40.1 Å². The second kappa shape index (κ2) is 10.9. The van der Waals surface area contributed by atoms with Gasteiger partial charge in [-0.2, -0.15) is 0 Å². The third kappa shape index (κ3) is 6.09. The number of rotatable bonds is 6. The summed E-state index contributed by atoms with van der Waals surface area (Å²) >= 11 is 0. The number of carboxylic acid groups (broad SMARTS) is 1. The van der Waals surface area contributed by atoms with E-state index in [2.05, 4.69) is 9.97 Å². The first kappa shape index (κ1) is 29.0. The van der Waals surface area contributed by atoms with Crippen LogP contribution in [0.15, 0.2) is 47.6 Å². The van der Waals surface area contributed by atoms with Gasteiger partial charge in [0, 0.05) is 25.2 Å². The molecule has 2 amide bonds. The fourth-order valence-electron chi connectivity index (χ4n) is 4.52. The summed E-state index contributed by atoms with van der Waals surface area (Å²) in [5.74, 6) is -1.05. The molecule has 13 heteroatoms. The molecule has 1 fully saturated rings. The summed E-state index contributed by atoms with van der Waals surface area (Å²) in [6.07, 6.45) is 1.13. The quantitative estimate of drug-likeness (QED) is 0.464. The third-order valence-corrected chi connectivity index (χ3v) is 8.45. The average molecular weight is 572 g/mol. The largest absolute Gasteiger partial charge is 0.465 e. The molecule has 214 valence electrons. The summed E-state index contributed by atoms with van der Waals surface area (Å²) < 4.78 is 33.0. The zero-order chi connectivity index (χ0) is 29.4. The molecule has 1 aromatic carbocycles. The molecule has 1 aliphatic heterocycles. The van der Waals surface area contributed by atoms with Crippen LogP contribution in [0.25, 0.3) is 11.2 Å². The molecule has 12 nitrogen and oxygen atoms in total. The highest BCUT2D eigenvalue weighted by molar-refractivity contribution is 7.90. The van der Waals surface area contributed by atoms with Gasteiger partial charge in [0.15, 0.2) is 17.2 Å². The van der Waals surface area contributed by atoms with Crippen LogP contribution in [0.4, 0.5) is 15.4 Å². The molecule has 1 saturated heterocycles. The molecule has 2 unspecified atom stereocenters. The van der Waals surface area contributed by atoms with Crippen molar-refractivity contribution in [3.8, 4) is 0 Å². The van der Waals surface area contributed by atoms with Crippen LogP contribution in [0.3, 0.4) is 0 Å². The number of likely N-dealkylation sites (tertiary alicyclic amines) is 1. The summed E-state index contributed by atoms with van der Waals surface area (Å²) in [6.45, 7) is 8.73. The Kier molecular flexibility index (Phi) is 7.88.